The summed E-state index contributed by atoms with van der Waals surface area (Å²) >= 11 is 0. The Labute approximate surface area is 114 Å². The molecule has 19 heavy (non-hydrogen) atoms. The highest BCUT2D eigenvalue weighted by Crippen LogP contribution is 2.27. The number of aromatic amines is 1. The van der Waals surface area contributed by atoms with Crippen molar-refractivity contribution in [2.24, 2.45) is 0 Å². The van der Waals surface area contributed by atoms with E-state index in [0.29, 0.717) is 0 Å². The molecule has 0 saturated heterocycles. The zero-order valence-corrected chi connectivity index (χ0v) is 11.9. The molecule has 0 amide bonds. The summed E-state index contributed by atoms with van der Waals surface area (Å²) in [6.07, 6.45) is 3.61. The summed E-state index contributed by atoms with van der Waals surface area (Å²) in [4.78, 5) is 7.40. The highest BCUT2D eigenvalue weighted by atomic mass is 16.5. The maximum Gasteiger partial charge on any atom is 0.123 e. The largest absolute Gasteiger partial charge is 0.496 e. The number of hydrogen-bond donors (Lipinski definition) is 2. The summed E-state index contributed by atoms with van der Waals surface area (Å²) in [6.45, 7) is 6.29. The van der Waals surface area contributed by atoms with Crippen LogP contribution >= 0.6 is 0 Å². The third-order valence-corrected chi connectivity index (χ3v) is 3.29. The SMILES string of the molecule is COc1cc(C)ccc1C(C)NC(C)c1ncc[nH]1. The number of ether oxygens (including phenoxy) is 1. The Balaban J connectivity index is 2.13. The minimum Gasteiger partial charge on any atom is -0.496 e. The van der Waals surface area contributed by atoms with Gasteiger partial charge in [0.1, 0.15) is 11.6 Å². The van der Waals surface area contributed by atoms with Crippen LogP contribution < -0.4 is 10.1 Å². The van der Waals surface area contributed by atoms with Gasteiger partial charge in [0.2, 0.25) is 0 Å². The van der Waals surface area contributed by atoms with E-state index >= 15 is 0 Å². The normalized spacial score (nSPS) is 14.1. The Morgan fingerprint density at radius 1 is 1.26 bits per heavy atom. The van der Waals surface area contributed by atoms with Gasteiger partial charge in [-0.25, -0.2) is 4.98 Å². The van der Waals surface area contributed by atoms with Crippen molar-refractivity contribution in [2.45, 2.75) is 32.9 Å². The topological polar surface area (TPSA) is 49.9 Å². The first-order valence-electron chi connectivity index (χ1n) is 6.51. The highest BCUT2D eigenvalue weighted by molar-refractivity contribution is 5.39. The van der Waals surface area contributed by atoms with E-state index in [2.05, 4.69) is 54.3 Å². The number of rotatable bonds is 5. The Hall–Kier alpha value is -1.81. The van der Waals surface area contributed by atoms with Crippen LogP contribution in [0.2, 0.25) is 0 Å². The number of methoxy groups -OCH3 is 1. The average Bonchev–Trinajstić information content (AvgIpc) is 2.92. The fourth-order valence-corrected chi connectivity index (χ4v) is 2.23. The first-order valence-corrected chi connectivity index (χ1v) is 6.51. The molecule has 1 heterocycles. The van der Waals surface area contributed by atoms with E-state index < -0.39 is 0 Å². The molecule has 1 aromatic heterocycles. The van der Waals surface area contributed by atoms with Gasteiger partial charge < -0.3 is 15.0 Å². The van der Waals surface area contributed by atoms with Gasteiger partial charge in [0.15, 0.2) is 0 Å². The minimum atomic E-state index is 0.163. The molecule has 0 fully saturated rings. The molecule has 2 rings (SSSR count). The van der Waals surface area contributed by atoms with Crippen molar-refractivity contribution in [2.75, 3.05) is 7.11 Å². The lowest BCUT2D eigenvalue weighted by Gasteiger charge is -2.21. The second-order valence-electron chi connectivity index (χ2n) is 4.83. The molecule has 2 unspecified atom stereocenters. The molecule has 4 nitrogen and oxygen atoms in total. The summed E-state index contributed by atoms with van der Waals surface area (Å²) in [7, 11) is 1.71. The number of benzene rings is 1. The third-order valence-electron chi connectivity index (χ3n) is 3.29. The third kappa shape index (κ3) is 3.15. The monoisotopic (exact) mass is 259 g/mol. The number of nitrogens with one attached hydrogen (secondary N) is 2. The van der Waals surface area contributed by atoms with Crippen LogP contribution in [0.4, 0.5) is 0 Å². The second kappa shape index (κ2) is 5.89. The molecule has 0 bridgehead atoms. The predicted octanol–water partition coefficient (Wildman–Crippen LogP) is 3.14. The number of aromatic nitrogens is 2. The smallest absolute Gasteiger partial charge is 0.123 e. The van der Waals surface area contributed by atoms with E-state index in [1.165, 1.54) is 5.56 Å². The van der Waals surface area contributed by atoms with Crippen LogP contribution in [0.3, 0.4) is 0 Å². The van der Waals surface area contributed by atoms with E-state index in [4.69, 9.17) is 4.74 Å². The van der Waals surface area contributed by atoms with E-state index in [1.54, 1.807) is 13.3 Å². The Morgan fingerprint density at radius 3 is 2.68 bits per heavy atom. The van der Waals surface area contributed by atoms with Gasteiger partial charge in [0.05, 0.1) is 13.2 Å². The maximum atomic E-state index is 5.46. The van der Waals surface area contributed by atoms with Crippen molar-refractivity contribution < 1.29 is 4.74 Å². The Bertz CT molecular complexity index is 522. The minimum absolute atomic E-state index is 0.163. The number of aryl methyl sites for hydroxylation is 1. The molecule has 0 aliphatic heterocycles. The lowest BCUT2D eigenvalue weighted by molar-refractivity contribution is 0.395. The fourth-order valence-electron chi connectivity index (χ4n) is 2.23. The zero-order valence-electron chi connectivity index (χ0n) is 11.9. The molecule has 0 spiro atoms. The summed E-state index contributed by atoms with van der Waals surface area (Å²) in [5.74, 6) is 1.87. The molecule has 2 atom stereocenters. The van der Waals surface area contributed by atoms with Gasteiger partial charge in [0.25, 0.3) is 0 Å². The van der Waals surface area contributed by atoms with Crippen LogP contribution in [-0.4, -0.2) is 17.1 Å². The van der Waals surface area contributed by atoms with Crippen LogP contribution in [0.25, 0.3) is 0 Å². The zero-order chi connectivity index (χ0) is 13.8. The molecule has 2 aromatic rings. The molecule has 102 valence electrons. The number of hydrogen-bond acceptors (Lipinski definition) is 3. The molecular formula is C15H21N3O. The summed E-state index contributed by atoms with van der Waals surface area (Å²) in [5, 5.41) is 3.52. The van der Waals surface area contributed by atoms with Crippen molar-refractivity contribution in [3.8, 4) is 5.75 Å². The van der Waals surface area contributed by atoms with Gasteiger partial charge in [-0.1, -0.05) is 12.1 Å². The first kappa shape index (κ1) is 13.6. The van der Waals surface area contributed by atoms with Gasteiger partial charge in [-0.2, -0.15) is 0 Å². The van der Waals surface area contributed by atoms with Crippen LogP contribution in [0.15, 0.2) is 30.6 Å². The summed E-state index contributed by atoms with van der Waals surface area (Å²) in [5.41, 5.74) is 2.36. The van der Waals surface area contributed by atoms with Crippen LogP contribution in [0, 0.1) is 6.92 Å². The van der Waals surface area contributed by atoms with Gasteiger partial charge in [-0.05, 0) is 32.4 Å². The fraction of sp³-hybridized carbons (Fsp3) is 0.400. The molecule has 0 aliphatic carbocycles. The predicted molar refractivity (Wildman–Crippen MR) is 76.3 cm³/mol. The van der Waals surface area contributed by atoms with Gasteiger partial charge in [-0.3, -0.25) is 0 Å². The van der Waals surface area contributed by atoms with Crippen molar-refractivity contribution in [1.29, 1.82) is 0 Å². The maximum absolute atomic E-state index is 5.46. The van der Waals surface area contributed by atoms with E-state index in [1.807, 2.05) is 6.20 Å². The molecular weight excluding hydrogens is 238 g/mol. The summed E-state index contributed by atoms with van der Waals surface area (Å²) < 4.78 is 5.46. The molecule has 0 aliphatic rings. The molecule has 1 aromatic carbocycles. The van der Waals surface area contributed by atoms with E-state index in [0.717, 1.165) is 17.1 Å². The number of H-pyrrole nitrogens is 1. The highest BCUT2D eigenvalue weighted by Gasteiger charge is 2.15. The standard InChI is InChI=1S/C15H21N3O/c1-10-5-6-13(14(9-10)19-4)11(2)18-12(3)15-16-7-8-17-15/h5-9,11-12,18H,1-4H3,(H,16,17). The van der Waals surface area contributed by atoms with Crippen LogP contribution in [-0.2, 0) is 0 Å². The van der Waals surface area contributed by atoms with Crippen LogP contribution in [0.1, 0.15) is 42.9 Å². The lowest BCUT2D eigenvalue weighted by atomic mass is 10.0. The molecule has 4 heteroatoms. The van der Waals surface area contributed by atoms with Crippen molar-refractivity contribution in [1.82, 2.24) is 15.3 Å². The Kier molecular flexibility index (Phi) is 4.22. The van der Waals surface area contributed by atoms with Gasteiger partial charge in [0, 0.05) is 24.0 Å². The van der Waals surface area contributed by atoms with Gasteiger partial charge >= 0.3 is 0 Å². The van der Waals surface area contributed by atoms with E-state index in [9.17, 15) is 0 Å². The number of imidazole rings is 1. The van der Waals surface area contributed by atoms with Crippen molar-refractivity contribution in [3.63, 3.8) is 0 Å². The lowest BCUT2D eigenvalue weighted by Crippen LogP contribution is -2.23. The first-order chi connectivity index (χ1) is 9.11. The van der Waals surface area contributed by atoms with Crippen LogP contribution in [0.5, 0.6) is 5.75 Å². The van der Waals surface area contributed by atoms with Crippen molar-refractivity contribution >= 4 is 0 Å². The van der Waals surface area contributed by atoms with Gasteiger partial charge in [-0.15, -0.1) is 0 Å². The molecule has 0 saturated carbocycles. The van der Waals surface area contributed by atoms with E-state index in [-0.39, 0.29) is 12.1 Å². The summed E-state index contributed by atoms with van der Waals surface area (Å²) in [6, 6.07) is 6.63. The quantitative estimate of drug-likeness (QED) is 0.867. The number of nitrogens with zero attached hydrogens (tertiary/aromatic N) is 1. The van der Waals surface area contributed by atoms with Crippen molar-refractivity contribution in [3.05, 3.63) is 47.5 Å². The molecule has 0 radical (unpaired) electrons. The molecule has 2 N–H and O–H groups in total. The Morgan fingerprint density at radius 2 is 2.05 bits per heavy atom. The average molecular weight is 259 g/mol. The second-order valence-corrected chi connectivity index (χ2v) is 4.83.